The Morgan fingerprint density at radius 1 is 1.19 bits per heavy atom. The van der Waals surface area contributed by atoms with E-state index < -0.39 is 0 Å². The van der Waals surface area contributed by atoms with Gasteiger partial charge in [-0.3, -0.25) is 9.59 Å². The van der Waals surface area contributed by atoms with E-state index in [0.29, 0.717) is 49.9 Å². The summed E-state index contributed by atoms with van der Waals surface area (Å²) in [6.45, 7) is 2.75. The molecule has 1 fully saturated rings. The van der Waals surface area contributed by atoms with Crippen molar-refractivity contribution in [1.29, 1.82) is 0 Å². The van der Waals surface area contributed by atoms with Crippen molar-refractivity contribution in [3.8, 4) is 11.5 Å². The van der Waals surface area contributed by atoms with Crippen LogP contribution >= 0.6 is 0 Å². The van der Waals surface area contributed by atoms with Gasteiger partial charge in [-0.25, -0.2) is 4.68 Å². The summed E-state index contributed by atoms with van der Waals surface area (Å²) in [5.74, 6) is 1.35. The average molecular weight is 367 g/mol. The highest BCUT2D eigenvalue weighted by Gasteiger charge is 2.34. The third-order valence-corrected chi connectivity index (χ3v) is 5.50. The normalized spacial score (nSPS) is 18.1. The summed E-state index contributed by atoms with van der Waals surface area (Å²) < 4.78 is 12.8. The predicted octanol–water partition coefficient (Wildman–Crippen LogP) is 1.28. The standard InChI is InChI=1S/C20H21N3O4/c24-18-9-14-3-1-5-16(14)21-23(18)12-13-10-22(11-13)20(25)15-4-2-6-17-19(15)27-8-7-26-17/h2,4,6,9,13H,1,3,5,7-8,10-12H2. The van der Waals surface area contributed by atoms with Crippen LogP contribution in [0.4, 0.5) is 0 Å². The first kappa shape index (κ1) is 16.4. The van der Waals surface area contributed by atoms with Crippen molar-refractivity contribution in [1.82, 2.24) is 14.7 Å². The van der Waals surface area contributed by atoms with E-state index in [1.165, 1.54) is 0 Å². The number of carbonyl (C=O) groups is 1. The van der Waals surface area contributed by atoms with Gasteiger partial charge in [0.2, 0.25) is 0 Å². The molecule has 2 aromatic rings. The van der Waals surface area contributed by atoms with Crippen LogP contribution in [0.15, 0.2) is 29.1 Å². The zero-order valence-corrected chi connectivity index (χ0v) is 15.0. The summed E-state index contributed by atoms with van der Waals surface area (Å²) >= 11 is 0. The molecule has 0 bridgehead atoms. The quantitative estimate of drug-likeness (QED) is 0.817. The molecule has 0 spiro atoms. The molecular weight excluding hydrogens is 346 g/mol. The van der Waals surface area contributed by atoms with Gasteiger partial charge in [-0.05, 0) is 37.0 Å². The van der Waals surface area contributed by atoms with Crippen LogP contribution in [0.3, 0.4) is 0 Å². The summed E-state index contributed by atoms with van der Waals surface area (Å²) in [6, 6.07) is 7.13. The van der Waals surface area contributed by atoms with Crippen LogP contribution in [0.1, 0.15) is 28.0 Å². The first-order valence-corrected chi connectivity index (χ1v) is 9.47. The number of hydrogen-bond donors (Lipinski definition) is 0. The van der Waals surface area contributed by atoms with Crippen LogP contribution in [0.25, 0.3) is 0 Å². The van der Waals surface area contributed by atoms with Gasteiger partial charge in [-0.15, -0.1) is 0 Å². The van der Waals surface area contributed by atoms with Gasteiger partial charge in [-0.2, -0.15) is 5.10 Å². The molecule has 0 radical (unpaired) electrons. The van der Waals surface area contributed by atoms with Crippen LogP contribution in [0.5, 0.6) is 11.5 Å². The molecule has 0 saturated carbocycles. The van der Waals surface area contributed by atoms with Gasteiger partial charge < -0.3 is 14.4 Å². The monoisotopic (exact) mass is 367 g/mol. The third-order valence-electron chi connectivity index (χ3n) is 5.50. The molecule has 1 aromatic carbocycles. The molecule has 1 aromatic heterocycles. The fourth-order valence-corrected chi connectivity index (χ4v) is 4.08. The van der Waals surface area contributed by atoms with Gasteiger partial charge in [0.25, 0.3) is 11.5 Å². The van der Waals surface area contributed by atoms with E-state index >= 15 is 0 Å². The number of ether oxygens (including phenoxy) is 2. The maximum Gasteiger partial charge on any atom is 0.267 e. The largest absolute Gasteiger partial charge is 0.486 e. The second kappa shape index (κ2) is 6.40. The number of para-hydroxylation sites is 1. The molecule has 2 aliphatic heterocycles. The highest BCUT2D eigenvalue weighted by molar-refractivity contribution is 5.98. The van der Waals surface area contributed by atoms with Gasteiger partial charge in [0.15, 0.2) is 11.5 Å². The zero-order valence-electron chi connectivity index (χ0n) is 15.0. The maximum absolute atomic E-state index is 12.8. The fourth-order valence-electron chi connectivity index (χ4n) is 4.08. The number of likely N-dealkylation sites (tertiary alicyclic amines) is 1. The molecular formula is C20H21N3O4. The first-order chi connectivity index (χ1) is 13.2. The second-order valence-electron chi connectivity index (χ2n) is 7.40. The summed E-state index contributed by atoms with van der Waals surface area (Å²) in [4.78, 5) is 26.9. The van der Waals surface area contributed by atoms with E-state index in [4.69, 9.17) is 9.47 Å². The Bertz CT molecular complexity index is 962. The molecule has 1 aliphatic carbocycles. The van der Waals surface area contributed by atoms with Crippen LogP contribution in [0, 0.1) is 5.92 Å². The highest BCUT2D eigenvalue weighted by Crippen LogP contribution is 2.35. The number of carbonyl (C=O) groups excluding carboxylic acids is 1. The van der Waals surface area contributed by atoms with Crippen molar-refractivity contribution in [3.63, 3.8) is 0 Å². The van der Waals surface area contributed by atoms with Gasteiger partial charge in [-0.1, -0.05) is 6.07 Å². The molecule has 7 heteroatoms. The van der Waals surface area contributed by atoms with E-state index in [1.807, 2.05) is 12.1 Å². The number of hydrogen-bond acceptors (Lipinski definition) is 5. The number of amides is 1. The Kier molecular flexibility index (Phi) is 3.88. The van der Waals surface area contributed by atoms with Gasteiger partial charge in [0.05, 0.1) is 17.8 Å². The van der Waals surface area contributed by atoms with Gasteiger partial charge >= 0.3 is 0 Å². The van der Waals surface area contributed by atoms with E-state index in [2.05, 4.69) is 5.10 Å². The van der Waals surface area contributed by atoms with Crippen LogP contribution < -0.4 is 15.0 Å². The van der Waals surface area contributed by atoms with E-state index in [-0.39, 0.29) is 17.4 Å². The second-order valence-corrected chi connectivity index (χ2v) is 7.40. The number of fused-ring (bicyclic) bond motifs is 2. The molecule has 0 unspecified atom stereocenters. The smallest absolute Gasteiger partial charge is 0.267 e. The summed E-state index contributed by atoms with van der Waals surface area (Å²) in [6.07, 6.45) is 2.98. The van der Waals surface area contributed by atoms with Crippen molar-refractivity contribution >= 4 is 5.91 Å². The average Bonchev–Trinajstić information content (AvgIpc) is 3.10. The summed E-state index contributed by atoms with van der Waals surface area (Å²) in [7, 11) is 0. The minimum Gasteiger partial charge on any atom is -0.486 e. The van der Waals surface area contributed by atoms with E-state index in [0.717, 1.165) is 30.5 Å². The third kappa shape index (κ3) is 2.87. The zero-order chi connectivity index (χ0) is 18.4. The Hall–Kier alpha value is -2.83. The highest BCUT2D eigenvalue weighted by atomic mass is 16.6. The number of aromatic nitrogens is 2. The SMILES string of the molecule is O=C(c1cccc2c1OCCO2)N1CC(Cn2nc3c(cc2=O)CCC3)C1. The molecule has 7 nitrogen and oxygen atoms in total. The molecule has 140 valence electrons. The lowest BCUT2D eigenvalue weighted by molar-refractivity contribution is 0.0450. The minimum atomic E-state index is -0.0529. The number of nitrogens with zero attached hydrogens (tertiary/aromatic N) is 3. The Morgan fingerprint density at radius 2 is 2.04 bits per heavy atom. The molecule has 5 rings (SSSR count). The molecule has 27 heavy (non-hydrogen) atoms. The molecule has 0 N–H and O–H groups in total. The van der Waals surface area contributed by atoms with Crippen molar-refractivity contribution in [3.05, 3.63) is 51.4 Å². The lowest BCUT2D eigenvalue weighted by Gasteiger charge is -2.39. The van der Waals surface area contributed by atoms with Crippen molar-refractivity contribution in [2.24, 2.45) is 5.92 Å². The summed E-state index contributed by atoms with van der Waals surface area (Å²) in [5.41, 5.74) is 2.65. The minimum absolute atomic E-state index is 0.0388. The van der Waals surface area contributed by atoms with Crippen LogP contribution in [-0.2, 0) is 19.4 Å². The van der Waals surface area contributed by atoms with Crippen molar-refractivity contribution < 1.29 is 14.3 Å². The Morgan fingerprint density at radius 3 is 2.93 bits per heavy atom. The molecule has 0 atom stereocenters. The van der Waals surface area contributed by atoms with Crippen LogP contribution in [-0.4, -0.2) is 46.9 Å². The molecule has 1 saturated heterocycles. The topological polar surface area (TPSA) is 73.7 Å². The Balaban J connectivity index is 1.26. The number of aryl methyl sites for hydroxylation is 2. The van der Waals surface area contributed by atoms with Crippen molar-refractivity contribution in [2.45, 2.75) is 25.8 Å². The Labute approximate surface area is 156 Å². The van der Waals surface area contributed by atoms with Crippen molar-refractivity contribution in [2.75, 3.05) is 26.3 Å². The summed E-state index contributed by atoms with van der Waals surface area (Å²) in [5, 5.41) is 4.52. The fraction of sp³-hybridized carbons (Fsp3) is 0.450. The predicted molar refractivity (Wildman–Crippen MR) is 97.3 cm³/mol. The molecule has 3 heterocycles. The lowest BCUT2D eigenvalue weighted by Crippen LogP contribution is -2.52. The van der Waals surface area contributed by atoms with E-state index in [9.17, 15) is 9.59 Å². The van der Waals surface area contributed by atoms with Gasteiger partial charge in [0.1, 0.15) is 13.2 Å². The van der Waals surface area contributed by atoms with Gasteiger partial charge in [0, 0.05) is 25.1 Å². The molecule has 3 aliphatic rings. The molecule has 1 amide bonds. The lowest BCUT2D eigenvalue weighted by atomic mass is 9.98. The number of benzene rings is 1. The maximum atomic E-state index is 12.8. The van der Waals surface area contributed by atoms with E-state index in [1.54, 1.807) is 21.7 Å². The first-order valence-electron chi connectivity index (χ1n) is 9.47. The number of rotatable bonds is 3. The van der Waals surface area contributed by atoms with Crippen LogP contribution in [0.2, 0.25) is 0 Å².